The Morgan fingerprint density at radius 2 is 2.31 bits per heavy atom. The molecule has 0 aromatic carbocycles. The Labute approximate surface area is 100 Å². The topological polar surface area (TPSA) is 41.1 Å². The third kappa shape index (κ3) is 3.32. The highest BCUT2D eigenvalue weighted by atomic mass is 32.1. The molecule has 1 aromatic rings. The lowest BCUT2D eigenvalue weighted by Gasteiger charge is -2.12. The second-order valence-corrected chi connectivity index (χ2v) is 5.77. The Morgan fingerprint density at radius 1 is 1.56 bits per heavy atom. The van der Waals surface area contributed by atoms with E-state index in [0.717, 1.165) is 19.4 Å². The van der Waals surface area contributed by atoms with Gasteiger partial charge in [0.1, 0.15) is 0 Å². The quantitative estimate of drug-likeness (QED) is 0.821. The van der Waals surface area contributed by atoms with Gasteiger partial charge in [0.15, 0.2) is 0 Å². The summed E-state index contributed by atoms with van der Waals surface area (Å²) in [6.45, 7) is 4.79. The Balaban J connectivity index is 1.73. The van der Waals surface area contributed by atoms with Crippen LogP contribution in [0.25, 0.3) is 0 Å². The van der Waals surface area contributed by atoms with Crippen molar-refractivity contribution in [1.29, 1.82) is 0 Å². The summed E-state index contributed by atoms with van der Waals surface area (Å²) in [5, 5.41) is 6.24. The third-order valence-electron chi connectivity index (χ3n) is 2.70. The average molecular weight is 238 g/mol. The lowest BCUT2D eigenvalue weighted by Crippen LogP contribution is -2.42. The highest BCUT2D eigenvalue weighted by Crippen LogP contribution is 2.18. The average Bonchev–Trinajstić information content (AvgIpc) is 2.96. The molecular weight excluding hydrogens is 220 g/mol. The molecule has 1 unspecified atom stereocenters. The molecule has 4 heteroatoms. The standard InChI is InChI=1S/C12H18N2OS/c1-8-3-6-11(16-8)7-13-9(2)12(15)14-10-4-5-10/h3,6,9-10,13H,4-5,7H2,1-2H3,(H,14,15). The van der Waals surface area contributed by atoms with Crippen LogP contribution in [0, 0.1) is 6.92 Å². The maximum Gasteiger partial charge on any atom is 0.237 e. The maximum absolute atomic E-state index is 11.6. The number of rotatable bonds is 5. The second-order valence-electron chi connectivity index (χ2n) is 4.40. The number of amides is 1. The van der Waals surface area contributed by atoms with E-state index in [1.54, 1.807) is 11.3 Å². The number of aryl methyl sites for hydroxylation is 1. The molecule has 1 atom stereocenters. The van der Waals surface area contributed by atoms with E-state index in [1.165, 1.54) is 9.75 Å². The molecule has 1 saturated carbocycles. The van der Waals surface area contributed by atoms with Crippen molar-refractivity contribution in [2.45, 2.75) is 45.3 Å². The molecule has 16 heavy (non-hydrogen) atoms. The summed E-state index contributed by atoms with van der Waals surface area (Å²) < 4.78 is 0. The van der Waals surface area contributed by atoms with Crippen molar-refractivity contribution >= 4 is 17.2 Å². The third-order valence-corrected chi connectivity index (χ3v) is 3.70. The minimum absolute atomic E-state index is 0.108. The SMILES string of the molecule is Cc1ccc(CNC(C)C(=O)NC2CC2)s1. The predicted octanol–water partition coefficient (Wildman–Crippen LogP) is 1.81. The lowest BCUT2D eigenvalue weighted by atomic mass is 10.3. The van der Waals surface area contributed by atoms with Gasteiger partial charge in [0.2, 0.25) is 5.91 Å². The monoisotopic (exact) mass is 238 g/mol. The highest BCUT2D eigenvalue weighted by molar-refractivity contribution is 7.11. The molecule has 1 aliphatic carbocycles. The van der Waals surface area contributed by atoms with Gasteiger partial charge >= 0.3 is 0 Å². The molecule has 1 amide bonds. The number of thiophene rings is 1. The van der Waals surface area contributed by atoms with Gasteiger partial charge in [-0.3, -0.25) is 4.79 Å². The molecule has 2 N–H and O–H groups in total. The zero-order valence-electron chi connectivity index (χ0n) is 9.75. The number of carbonyl (C=O) groups is 1. The first-order valence-corrected chi connectivity index (χ1v) is 6.56. The summed E-state index contributed by atoms with van der Waals surface area (Å²) >= 11 is 1.77. The smallest absolute Gasteiger partial charge is 0.237 e. The molecule has 0 aliphatic heterocycles. The summed E-state index contributed by atoms with van der Waals surface area (Å²) in [5.74, 6) is 0.121. The largest absolute Gasteiger partial charge is 0.352 e. The Morgan fingerprint density at radius 3 is 2.88 bits per heavy atom. The first-order chi connectivity index (χ1) is 7.65. The van der Waals surface area contributed by atoms with Crippen LogP contribution < -0.4 is 10.6 Å². The van der Waals surface area contributed by atoms with Gasteiger partial charge in [-0.15, -0.1) is 11.3 Å². The van der Waals surface area contributed by atoms with Crippen LogP contribution in [0.3, 0.4) is 0 Å². The van der Waals surface area contributed by atoms with Gasteiger partial charge in [-0.1, -0.05) is 0 Å². The van der Waals surface area contributed by atoms with Crippen molar-refractivity contribution in [3.8, 4) is 0 Å². The van der Waals surface area contributed by atoms with Crippen LogP contribution in [0.4, 0.5) is 0 Å². The Hall–Kier alpha value is -0.870. The molecule has 1 aromatic heterocycles. The fourth-order valence-corrected chi connectivity index (χ4v) is 2.32. The summed E-state index contributed by atoms with van der Waals surface area (Å²) in [4.78, 5) is 14.2. The molecule has 1 heterocycles. The summed E-state index contributed by atoms with van der Waals surface area (Å²) in [6.07, 6.45) is 2.28. The van der Waals surface area contributed by atoms with Crippen molar-refractivity contribution < 1.29 is 4.79 Å². The van der Waals surface area contributed by atoms with Crippen LogP contribution >= 0.6 is 11.3 Å². The van der Waals surface area contributed by atoms with E-state index in [1.807, 2.05) is 6.92 Å². The van der Waals surface area contributed by atoms with E-state index in [4.69, 9.17) is 0 Å². The van der Waals surface area contributed by atoms with Crippen LogP contribution in [0.15, 0.2) is 12.1 Å². The van der Waals surface area contributed by atoms with Crippen molar-refractivity contribution in [2.75, 3.05) is 0 Å². The molecule has 3 nitrogen and oxygen atoms in total. The van der Waals surface area contributed by atoms with Crippen LogP contribution in [0.2, 0.25) is 0 Å². The zero-order valence-corrected chi connectivity index (χ0v) is 10.6. The molecule has 2 rings (SSSR count). The molecule has 0 bridgehead atoms. The summed E-state index contributed by atoms with van der Waals surface area (Å²) in [7, 11) is 0. The normalized spacial score (nSPS) is 17.1. The van der Waals surface area contributed by atoms with Crippen molar-refractivity contribution in [3.63, 3.8) is 0 Å². The van der Waals surface area contributed by atoms with E-state index in [9.17, 15) is 4.79 Å². The van der Waals surface area contributed by atoms with Gasteiger partial charge in [-0.25, -0.2) is 0 Å². The first kappa shape index (κ1) is 11.6. The molecule has 0 saturated heterocycles. The fraction of sp³-hybridized carbons (Fsp3) is 0.583. The minimum atomic E-state index is -0.108. The van der Waals surface area contributed by atoms with Gasteiger partial charge in [-0.05, 0) is 38.8 Å². The lowest BCUT2D eigenvalue weighted by molar-refractivity contribution is -0.122. The summed E-state index contributed by atoms with van der Waals surface area (Å²) in [6, 6.07) is 4.55. The van der Waals surface area contributed by atoms with Gasteiger partial charge in [0.05, 0.1) is 6.04 Å². The molecule has 0 radical (unpaired) electrons. The number of hydrogen-bond donors (Lipinski definition) is 2. The van der Waals surface area contributed by atoms with Gasteiger partial charge in [-0.2, -0.15) is 0 Å². The first-order valence-electron chi connectivity index (χ1n) is 5.74. The molecule has 0 spiro atoms. The summed E-state index contributed by atoms with van der Waals surface area (Å²) in [5.41, 5.74) is 0. The number of nitrogens with one attached hydrogen (secondary N) is 2. The molecule has 1 fully saturated rings. The predicted molar refractivity (Wildman–Crippen MR) is 66.5 cm³/mol. The van der Waals surface area contributed by atoms with Crippen LogP contribution in [0.1, 0.15) is 29.5 Å². The van der Waals surface area contributed by atoms with E-state index < -0.39 is 0 Å². The second kappa shape index (κ2) is 4.97. The Bertz CT molecular complexity index is 371. The number of carbonyl (C=O) groups excluding carboxylic acids is 1. The van der Waals surface area contributed by atoms with Crippen LogP contribution in [-0.4, -0.2) is 18.0 Å². The molecular formula is C12H18N2OS. The fourth-order valence-electron chi connectivity index (χ4n) is 1.48. The maximum atomic E-state index is 11.6. The highest BCUT2D eigenvalue weighted by Gasteiger charge is 2.25. The molecule has 1 aliphatic rings. The van der Waals surface area contributed by atoms with Crippen molar-refractivity contribution in [2.24, 2.45) is 0 Å². The minimum Gasteiger partial charge on any atom is -0.352 e. The number of hydrogen-bond acceptors (Lipinski definition) is 3. The van der Waals surface area contributed by atoms with E-state index in [-0.39, 0.29) is 11.9 Å². The van der Waals surface area contributed by atoms with Crippen LogP contribution in [0.5, 0.6) is 0 Å². The van der Waals surface area contributed by atoms with Crippen LogP contribution in [-0.2, 0) is 11.3 Å². The van der Waals surface area contributed by atoms with E-state index in [2.05, 4.69) is 29.7 Å². The zero-order chi connectivity index (χ0) is 11.5. The van der Waals surface area contributed by atoms with Crippen molar-refractivity contribution in [3.05, 3.63) is 21.9 Å². The molecule has 88 valence electrons. The Kier molecular flexibility index (Phi) is 3.61. The van der Waals surface area contributed by atoms with Gasteiger partial charge in [0.25, 0.3) is 0 Å². The van der Waals surface area contributed by atoms with E-state index in [0.29, 0.717) is 6.04 Å². The van der Waals surface area contributed by atoms with E-state index >= 15 is 0 Å². The van der Waals surface area contributed by atoms with Gasteiger partial charge < -0.3 is 10.6 Å². The van der Waals surface area contributed by atoms with Gasteiger partial charge in [0, 0.05) is 22.3 Å². The van der Waals surface area contributed by atoms with Crippen molar-refractivity contribution in [1.82, 2.24) is 10.6 Å².